The van der Waals surface area contributed by atoms with E-state index in [0.29, 0.717) is 0 Å². The van der Waals surface area contributed by atoms with Crippen LogP contribution in [0.3, 0.4) is 0 Å². The van der Waals surface area contributed by atoms with Crippen molar-refractivity contribution in [1.82, 2.24) is 0 Å². The van der Waals surface area contributed by atoms with E-state index >= 15 is 0 Å². The molecule has 0 aliphatic rings. The summed E-state index contributed by atoms with van der Waals surface area (Å²) in [5, 5.41) is 3.78. The van der Waals surface area contributed by atoms with Crippen LogP contribution >= 0.6 is 11.3 Å². The van der Waals surface area contributed by atoms with Gasteiger partial charge in [-0.1, -0.05) is 207 Å². The van der Waals surface area contributed by atoms with Gasteiger partial charge in [0.15, 0.2) is 0 Å². The highest BCUT2D eigenvalue weighted by Crippen LogP contribution is 2.47. The summed E-state index contributed by atoms with van der Waals surface area (Å²) in [4.78, 5) is 3.70. The average molecular weight is 848 g/mol. The quantitative estimate of drug-likeness (QED) is 0.133. The Hall–Kier alpha value is -8.04. The summed E-state index contributed by atoms with van der Waals surface area (Å²) in [5.74, 6) is 0. The van der Waals surface area contributed by atoms with E-state index in [4.69, 9.17) is 0 Å². The van der Waals surface area contributed by atoms with Gasteiger partial charge in [-0.2, -0.15) is 0 Å². The Morgan fingerprint density at radius 3 is 1.40 bits per heavy atom. The molecule has 0 aliphatic carbocycles. The third kappa shape index (κ3) is 7.65. The van der Waals surface area contributed by atoms with Gasteiger partial charge < -0.3 is 4.90 Å². The molecular weight excluding hydrogens is 803 g/mol. The summed E-state index contributed by atoms with van der Waals surface area (Å²) in [6.07, 6.45) is 1.99. The zero-order valence-corrected chi connectivity index (χ0v) is 37.0. The lowest BCUT2D eigenvalue weighted by Crippen LogP contribution is -2.10. The number of rotatable bonds is 10. The predicted octanol–water partition coefficient (Wildman–Crippen LogP) is 18.5. The monoisotopic (exact) mass is 847 g/mol. The largest absolute Gasteiger partial charge is 0.310 e. The molecule has 0 atom stereocenters. The van der Waals surface area contributed by atoms with E-state index in [1.165, 1.54) is 92.5 Å². The summed E-state index contributed by atoms with van der Waals surface area (Å²) in [7, 11) is 0. The highest BCUT2D eigenvalue weighted by atomic mass is 32.1. The van der Waals surface area contributed by atoms with Crippen molar-refractivity contribution in [3.8, 4) is 66.1 Å². The topological polar surface area (TPSA) is 3.24 Å². The molecule has 1 nitrogen and oxygen atoms in total. The fraction of sp³-hybridized carbons (Fsp3) is 0.0159. The third-order valence-electron chi connectivity index (χ3n) is 12.6. The van der Waals surface area contributed by atoms with Crippen LogP contribution in [-0.4, -0.2) is 0 Å². The molecule has 0 saturated carbocycles. The smallest absolute Gasteiger partial charge is 0.0473 e. The number of benzene rings is 10. The fourth-order valence-electron chi connectivity index (χ4n) is 9.28. The predicted molar refractivity (Wildman–Crippen MR) is 281 cm³/mol. The lowest BCUT2D eigenvalue weighted by atomic mass is 9.95. The van der Waals surface area contributed by atoms with Crippen LogP contribution in [-0.2, 0) is 0 Å². The normalized spacial score (nSPS) is 11.2. The molecule has 0 fully saturated rings. The zero-order valence-electron chi connectivity index (χ0n) is 36.2. The van der Waals surface area contributed by atoms with Crippen molar-refractivity contribution in [1.29, 1.82) is 0 Å². The molecule has 11 aromatic rings. The van der Waals surface area contributed by atoms with Gasteiger partial charge in [-0.05, 0) is 132 Å². The van der Waals surface area contributed by atoms with Crippen LogP contribution in [0.5, 0.6) is 0 Å². The summed E-state index contributed by atoms with van der Waals surface area (Å²) < 4.78 is 1.29. The SMILES string of the molecule is C=Cc1ccc2ccccc2c1-c1sc2c(-c3ccc(N(c4ccc(-c5ccc(-c6ccccc6)cc5)cc4)c4cc(-c5ccccc5)cc(-c5ccccc5)c4)cc3)cccc2c1C. The van der Waals surface area contributed by atoms with Gasteiger partial charge in [-0.15, -0.1) is 11.3 Å². The lowest BCUT2D eigenvalue weighted by Gasteiger charge is -2.27. The van der Waals surface area contributed by atoms with Crippen molar-refractivity contribution in [3.05, 3.63) is 254 Å². The Kier molecular flexibility index (Phi) is 10.6. The molecule has 0 bridgehead atoms. The van der Waals surface area contributed by atoms with E-state index < -0.39 is 0 Å². The van der Waals surface area contributed by atoms with Crippen molar-refractivity contribution in [2.24, 2.45) is 0 Å². The minimum Gasteiger partial charge on any atom is -0.310 e. The van der Waals surface area contributed by atoms with Gasteiger partial charge in [-0.3, -0.25) is 0 Å². The van der Waals surface area contributed by atoms with Gasteiger partial charge in [0.1, 0.15) is 0 Å². The minimum atomic E-state index is 1.08. The number of anilines is 3. The number of nitrogens with zero attached hydrogens (tertiary/aromatic N) is 1. The van der Waals surface area contributed by atoms with Gasteiger partial charge >= 0.3 is 0 Å². The summed E-state index contributed by atoms with van der Waals surface area (Å²) in [5.41, 5.74) is 18.9. The van der Waals surface area contributed by atoms with Crippen LogP contribution in [0.4, 0.5) is 17.1 Å². The first-order valence-electron chi connectivity index (χ1n) is 22.2. The fourth-order valence-corrected chi connectivity index (χ4v) is 10.7. The van der Waals surface area contributed by atoms with E-state index in [2.05, 4.69) is 255 Å². The maximum atomic E-state index is 4.21. The number of hydrogen-bond donors (Lipinski definition) is 0. The highest BCUT2D eigenvalue weighted by molar-refractivity contribution is 7.23. The Labute approximate surface area is 385 Å². The van der Waals surface area contributed by atoms with Gasteiger partial charge in [0.05, 0.1) is 0 Å². The van der Waals surface area contributed by atoms with Crippen LogP contribution < -0.4 is 4.90 Å². The van der Waals surface area contributed by atoms with Crippen LogP contribution in [0.25, 0.3) is 93.0 Å². The van der Waals surface area contributed by atoms with E-state index in [1.807, 2.05) is 17.4 Å². The molecule has 65 heavy (non-hydrogen) atoms. The van der Waals surface area contributed by atoms with E-state index in [9.17, 15) is 0 Å². The molecule has 0 aliphatic heterocycles. The van der Waals surface area contributed by atoms with Gasteiger partial charge in [0.2, 0.25) is 0 Å². The maximum Gasteiger partial charge on any atom is 0.0473 e. The number of thiophene rings is 1. The van der Waals surface area contributed by atoms with Crippen molar-refractivity contribution >= 4 is 55.3 Å². The molecule has 0 unspecified atom stereocenters. The zero-order chi connectivity index (χ0) is 43.7. The van der Waals surface area contributed by atoms with Crippen molar-refractivity contribution < 1.29 is 0 Å². The molecule has 0 radical (unpaired) electrons. The molecule has 11 rings (SSSR count). The number of aryl methyl sites for hydroxylation is 1. The molecular formula is C63H45NS. The minimum absolute atomic E-state index is 1.08. The Bertz CT molecular complexity index is 3400. The second-order valence-electron chi connectivity index (χ2n) is 16.6. The molecule has 0 spiro atoms. The van der Waals surface area contributed by atoms with Crippen molar-refractivity contribution in [2.75, 3.05) is 4.90 Å². The average Bonchev–Trinajstić information content (AvgIpc) is 3.72. The van der Waals surface area contributed by atoms with E-state index in [1.54, 1.807) is 0 Å². The Balaban J connectivity index is 1.02. The number of hydrogen-bond acceptors (Lipinski definition) is 2. The first-order chi connectivity index (χ1) is 32.1. The van der Waals surface area contributed by atoms with Crippen LogP contribution in [0.15, 0.2) is 243 Å². The molecule has 0 amide bonds. The molecule has 0 N–H and O–H groups in total. The van der Waals surface area contributed by atoms with Gasteiger partial charge in [0, 0.05) is 32.2 Å². The first-order valence-corrected chi connectivity index (χ1v) is 23.0. The summed E-state index contributed by atoms with van der Waals surface area (Å²) >= 11 is 1.89. The molecule has 1 aromatic heterocycles. The maximum absolute atomic E-state index is 4.21. The summed E-state index contributed by atoms with van der Waals surface area (Å²) in [6.45, 7) is 6.48. The number of fused-ring (bicyclic) bond motifs is 2. The second-order valence-corrected chi connectivity index (χ2v) is 17.6. The highest BCUT2D eigenvalue weighted by Gasteiger charge is 2.20. The Morgan fingerprint density at radius 1 is 0.385 bits per heavy atom. The second kappa shape index (κ2) is 17.3. The molecule has 0 saturated heterocycles. The van der Waals surface area contributed by atoms with Crippen LogP contribution in [0.1, 0.15) is 11.1 Å². The van der Waals surface area contributed by atoms with Gasteiger partial charge in [-0.25, -0.2) is 0 Å². The summed E-state index contributed by atoms with van der Waals surface area (Å²) in [6, 6.07) is 85.8. The van der Waals surface area contributed by atoms with Crippen LogP contribution in [0.2, 0.25) is 0 Å². The lowest BCUT2D eigenvalue weighted by molar-refractivity contribution is 1.28. The molecule has 1 heterocycles. The molecule has 10 aromatic carbocycles. The van der Waals surface area contributed by atoms with E-state index in [-0.39, 0.29) is 0 Å². The van der Waals surface area contributed by atoms with Crippen molar-refractivity contribution in [2.45, 2.75) is 6.92 Å². The standard InChI is InChI=1S/C63H45NS/c1-3-44-26-31-51-22-13-14-23-59(51)61(44)62-43(2)58-24-15-25-60(63(58)65-62)52-34-38-56(39-35-52)64(55-36-32-50(33-37-55)49-29-27-48(28-30-49)45-16-7-4-8-17-45)57-41-53(46-18-9-5-10-19-46)40-54(42-57)47-20-11-6-12-21-47/h3-42H,1H2,2H3. The van der Waals surface area contributed by atoms with E-state index in [0.717, 1.165) is 22.6 Å². The Morgan fingerprint density at radius 2 is 0.846 bits per heavy atom. The molecule has 308 valence electrons. The van der Waals surface area contributed by atoms with Crippen molar-refractivity contribution in [3.63, 3.8) is 0 Å². The third-order valence-corrected chi connectivity index (χ3v) is 14.0. The van der Waals surface area contributed by atoms with Crippen LogP contribution in [0, 0.1) is 6.92 Å². The van der Waals surface area contributed by atoms with Gasteiger partial charge in [0.25, 0.3) is 0 Å². The molecule has 2 heteroatoms. The first kappa shape index (κ1) is 39.8.